The second-order valence-corrected chi connectivity index (χ2v) is 5.46. The van der Waals surface area contributed by atoms with Gasteiger partial charge in [-0.1, -0.05) is 35.1 Å². The Labute approximate surface area is 88.9 Å². The van der Waals surface area contributed by atoms with E-state index in [1.54, 1.807) is 10.8 Å². The van der Waals surface area contributed by atoms with Crippen molar-refractivity contribution < 1.29 is 0 Å². The lowest BCUT2D eigenvalue weighted by molar-refractivity contribution is 0.548. The molecule has 0 saturated carbocycles. The molecule has 1 unspecified atom stereocenters. The number of hydrogen-bond acceptors (Lipinski definition) is 2. The average molecular weight is 210 g/mol. The van der Waals surface area contributed by atoms with E-state index in [0.29, 0.717) is 0 Å². The van der Waals surface area contributed by atoms with Gasteiger partial charge in [0.15, 0.2) is 0 Å². The maximum absolute atomic E-state index is 4.39. The largest absolute Gasteiger partial charge is 0.110 e. The van der Waals surface area contributed by atoms with Crippen LogP contribution in [0, 0.1) is 0 Å². The van der Waals surface area contributed by atoms with Crippen LogP contribution < -0.4 is 0 Å². The molecule has 2 rings (SSSR count). The second-order valence-electron chi connectivity index (χ2n) is 3.83. The van der Waals surface area contributed by atoms with Crippen LogP contribution in [0.2, 0.25) is 0 Å². The summed E-state index contributed by atoms with van der Waals surface area (Å²) in [6.07, 6.45) is 3.78. The Morgan fingerprint density at radius 1 is 1.38 bits per heavy atom. The van der Waals surface area contributed by atoms with E-state index in [1.165, 1.54) is 30.4 Å². The molecule has 70 valence electrons. The van der Waals surface area contributed by atoms with Crippen molar-refractivity contribution >= 4 is 22.5 Å². The van der Waals surface area contributed by atoms with Crippen LogP contribution >= 0.6 is 22.5 Å². The van der Waals surface area contributed by atoms with Crippen LogP contribution in [0.25, 0.3) is 0 Å². The molecule has 0 aromatic heterocycles. The number of fused-ring (bicyclic) bond motifs is 1. The quantitative estimate of drug-likeness (QED) is 0.543. The fraction of sp³-hybridized carbons (Fsp3) is 0.455. The molecule has 0 aliphatic heterocycles. The summed E-state index contributed by atoms with van der Waals surface area (Å²) in [6.45, 7) is 2.29. The summed E-state index contributed by atoms with van der Waals surface area (Å²) < 4.78 is 0.234. The monoisotopic (exact) mass is 210 g/mol. The highest BCUT2D eigenvalue weighted by Crippen LogP contribution is 2.46. The zero-order valence-electron chi connectivity index (χ0n) is 7.79. The third-order valence-electron chi connectivity index (χ3n) is 2.89. The van der Waals surface area contributed by atoms with Gasteiger partial charge in [-0.15, -0.1) is 11.7 Å². The molecule has 1 aliphatic carbocycles. The molecule has 2 heteroatoms. The van der Waals surface area contributed by atoms with E-state index in [1.807, 2.05) is 0 Å². The van der Waals surface area contributed by atoms with Gasteiger partial charge in [-0.2, -0.15) is 0 Å². The van der Waals surface area contributed by atoms with Crippen LogP contribution in [0.4, 0.5) is 0 Å². The van der Waals surface area contributed by atoms with Crippen molar-refractivity contribution in [2.24, 2.45) is 0 Å². The standard InChI is InChI=1S/C11H14S2/c1-11(13-12)8-4-6-9-5-2-3-7-10(9)11/h2-3,5,7,12H,4,6,8H2,1H3. The molecule has 1 aliphatic rings. The summed E-state index contributed by atoms with van der Waals surface area (Å²) in [5.74, 6) is 0. The predicted octanol–water partition coefficient (Wildman–Crippen LogP) is 3.82. The molecule has 0 fully saturated rings. The van der Waals surface area contributed by atoms with Crippen LogP contribution in [-0.4, -0.2) is 0 Å². The van der Waals surface area contributed by atoms with Gasteiger partial charge < -0.3 is 0 Å². The first-order chi connectivity index (χ1) is 6.26. The third kappa shape index (κ3) is 1.62. The van der Waals surface area contributed by atoms with Gasteiger partial charge in [-0.05, 0) is 37.3 Å². The van der Waals surface area contributed by atoms with Gasteiger partial charge in [-0.3, -0.25) is 0 Å². The average Bonchev–Trinajstić information content (AvgIpc) is 2.19. The zero-order chi connectivity index (χ0) is 9.31. The predicted molar refractivity (Wildman–Crippen MR) is 63.3 cm³/mol. The number of thiol groups is 1. The minimum Gasteiger partial charge on any atom is -0.110 e. The van der Waals surface area contributed by atoms with Crippen LogP contribution in [-0.2, 0) is 11.2 Å². The smallest absolute Gasteiger partial charge is 0.0484 e. The zero-order valence-corrected chi connectivity index (χ0v) is 9.50. The molecule has 1 aromatic rings. The van der Waals surface area contributed by atoms with Crippen LogP contribution in [0.3, 0.4) is 0 Å². The summed E-state index contributed by atoms with van der Waals surface area (Å²) in [6, 6.07) is 8.76. The van der Waals surface area contributed by atoms with Crippen molar-refractivity contribution in [2.45, 2.75) is 30.9 Å². The summed E-state index contributed by atoms with van der Waals surface area (Å²) in [7, 11) is 1.69. The van der Waals surface area contributed by atoms with Crippen molar-refractivity contribution in [1.82, 2.24) is 0 Å². The van der Waals surface area contributed by atoms with Crippen molar-refractivity contribution in [3.05, 3.63) is 35.4 Å². The summed E-state index contributed by atoms with van der Waals surface area (Å²) >= 11 is 4.39. The van der Waals surface area contributed by atoms with Crippen molar-refractivity contribution in [2.75, 3.05) is 0 Å². The van der Waals surface area contributed by atoms with Crippen LogP contribution in [0.1, 0.15) is 30.9 Å². The van der Waals surface area contributed by atoms with Crippen molar-refractivity contribution in [3.8, 4) is 0 Å². The van der Waals surface area contributed by atoms with Crippen molar-refractivity contribution in [1.29, 1.82) is 0 Å². The Kier molecular flexibility index (Phi) is 2.61. The van der Waals surface area contributed by atoms with Crippen LogP contribution in [0.5, 0.6) is 0 Å². The topological polar surface area (TPSA) is 0 Å². The lowest BCUT2D eigenvalue weighted by Crippen LogP contribution is -2.22. The summed E-state index contributed by atoms with van der Waals surface area (Å²) in [5, 5.41) is 0. The number of aryl methyl sites for hydroxylation is 1. The highest BCUT2D eigenvalue weighted by atomic mass is 33.1. The van der Waals surface area contributed by atoms with E-state index in [0.717, 1.165) is 0 Å². The molecule has 0 amide bonds. The molecule has 0 saturated heterocycles. The number of rotatable bonds is 1. The van der Waals surface area contributed by atoms with Gasteiger partial charge in [0.25, 0.3) is 0 Å². The van der Waals surface area contributed by atoms with Crippen molar-refractivity contribution in [3.63, 3.8) is 0 Å². The molecule has 1 aromatic carbocycles. The second kappa shape index (κ2) is 3.58. The molecule has 0 heterocycles. The van der Waals surface area contributed by atoms with E-state index in [-0.39, 0.29) is 4.75 Å². The summed E-state index contributed by atoms with van der Waals surface area (Å²) in [4.78, 5) is 0. The lowest BCUT2D eigenvalue weighted by atomic mass is 9.83. The van der Waals surface area contributed by atoms with E-state index in [2.05, 4.69) is 42.9 Å². The molecule has 0 N–H and O–H groups in total. The number of hydrogen-bond donors (Lipinski definition) is 1. The lowest BCUT2D eigenvalue weighted by Gasteiger charge is -2.33. The Balaban J connectivity index is 2.48. The van der Waals surface area contributed by atoms with Gasteiger partial charge in [0, 0.05) is 4.75 Å². The highest BCUT2D eigenvalue weighted by molar-refractivity contribution is 8.69. The first-order valence-corrected chi connectivity index (χ1v) is 6.54. The Morgan fingerprint density at radius 2 is 2.15 bits per heavy atom. The minimum atomic E-state index is 0.234. The Morgan fingerprint density at radius 3 is 2.92 bits per heavy atom. The molecule has 0 radical (unpaired) electrons. The Bertz CT molecular complexity index is 309. The van der Waals surface area contributed by atoms with Gasteiger partial charge in [0.1, 0.15) is 0 Å². The Hall–Kier alpha value is -0.0800. The normalized spacial score (nSPS) is 26.9. The fourth-order valence-corrected chi connectivity index (χ4v) is 3.20. The minimum absolute atomic E-state index is 0.234. The van der Waals surface area contributed by atoms with E-state index < -0.39 is 0 Å². The van der Waals surface area contributed by atoms with E-state index >= 15 is 0 Å². The molecular formula is C11H14S2. The van der Waals surface area contributed by atoms with Gasteiger partial charge in [0.2, 0.25) is 0 Å². The van der Waals surface area contributed by atoms with Gasteiger partial charge in [-0.25, -0.2) is 0 Å². The number of benzene rings is 1. The molecule has 0 spiro atoms. The van der Waals surface area contributed by atoms with Gasteiger partial charge in [0.05, 0.1) is 0 Å². The highest BCUT2D eigenvalue weighted by Gasteiger charge is 2.31. The van der Waals surface area contributed by atoms with E-state index in [9.17, 15) is 0 Å². The van der Waals surface area contributed by atoms with Gasteiger partial charge >= 0.3 is 0 Å². The SMILES string of the molecule is CC1(SS)CCCc2ccccc21. The molecule has 1 atom stereocenters. The molecule has 13 heavy (non-hydrogen) atoms. The molecular weight excluding hydrogens is 196 g/mol. The first kappa shape index (κ1) is 9.47. The van der Waals surface area contributed by atoms with Crippen LogP contribution in [0.15, 0.2) is 24.3 Å². The summed E-state index contributed by atoms with van der Waals surface area (Å²) in [5.41, 5.74) is 3.00. The molecule has 0 bridgehead atoms. The maximum Gasteiger partial charge on any atom is 0.0484 e. The third-order valence-corrected chi connectivity index (χ3v) is 4.92. The first-order valence-electron chi connectivity index (χ1n) is 4.67. The van der Waals surface area contributed by atoms with E-state index in [4.69, 9.17) is 0 Å². The fourth-order valence-electron chi connectivity index (χ4n) is 2.10. The maximum atomic E-state index is 4.39. The molecule has 0 nitrogen and oxygen atoms in total.